The first-order valence-electron chi connectivity index (χ1n) is 5.46. The van der Waals surface area contributed by atoms with Gasteiger partial charge in [0, 0.05) is 17.7 Å². The normalized spacial score (nSPS) is 10.2. The number of nitrogen functional groups attached to an aromatic ring is 1. The molecule has 0 bridgehead atoms. The third-order valence-electron chi connectivity index (χ3n) is 2.61. The van der Waals surface area contributed by atoms with Crippen LogP contribution in [0.5, 0.6) is 5.75 Å². The van der Waals surface area contributed by atoms with E-state index in [2.05, 4.69) is 0 Å². The van der Waals surface area contributed by atoms with Crippen LogP contribution in [-0.2, 0) is 6.42 Å². The molecular formula is C14H15NO2. The Labute approximate surface area is 100 Å². The summed E-state index contributed by atoms with van der Waals surface area (Å²) in [5.41, 5.74) is 8.69. The number of hydrogen-bond donors (Lipinski definition) is 2. The Kier molecular flexibility index (Phi) is 3.62. The highest BCUT2D eigenvalue weighted by atomic mass is 16.6. The van der Waals surface area contributed by atoms with Crippen molar-refractivity contribution in [2.24, 2.45) is 0 Å². The molecule has 0 fully saturated rings. The highest BCUT2D eigenvalue weighted by Crippen LogP contribution is 2.27. The molecule has 0 aliphatic carbocycles. The largest absolute Gasteiger partial charge is 0.467 e. The van der Waals surface area contributed by atoms with E-state index < -0.39 is 0 Å². The van der Waals surface area contributed by atoms with Crippen LogP contribution < -0.4 is 10.5 Å². The first-order valence-corrected chi connectivity index (χ1v) is 5.46. The summed E-state index contributed by atoms with van der Waals surface area (Å²) in [5.74, 6) is 0.636. The maximum absolute atomic E-state index is 8.84. The van der Waals surface area contributed by atoms with E-state index in [1.54, 1.807) is 0 Å². The first kappa shape index (κ1) is 11.5. The van der Waals surface area contributed by atoms with Crippen molar-refractivity contribution in [3.63, 3.8) is 0 Å². The van der Waals surface area contributed by atoms with E-state index in [9.17, 15) is 0 Å². The van der Waals surface area contributed by atoms with Gasteiger partial charge in [-0.25, -0.2) is 0 Å². The van der Waals surface area contributed by atoms with Crippen molar-refractivity contribution in [3.8, 4) is 5.75 Å². The Morgan fingerprint density at radius 2 is 1.76 bits per heavy atom. The van der Waals surface area contributed by atoms with Crippen molar-refractivity contribution in [2.75, 3.05) is 12.5 Å². The molecule has 0 spiro atoms. The summed E-state index contributed by atoms with van der Waals surface area (Å²) in [6.07, 6.45) is 0.697. The topological polar surface area (TPSA) is 55.5 Å². The van der Waals surface area contributed by atoms with Gasteiger partial charge in [-0.05, 0) is 17.7 Å². The number of hydrogen-bond acceptors (Lipinski definition) is 3. The predicted molar refractivity (Wildman–Crippen MR) is 67.8 cm³/mol. The van der Waals surface area contributed by atoms with Crippen molar-refractivity contribution in [1.82, 2.24) is 0 Å². The maximum Gasteiger partial charge on any atom is 0.186 e. The third-order valence-corrected chi connectivity index (χ3v) is 2.61. The summed E-state index contributed by atoms with van der Waals surface area (Å²) in [7, 11) is 0. The Morgan fingerprint density at radius 1 is 1.00 bits per heavy atom. The summed E-state index contributed by atoms with van der Waals surface area (Å²) < 4.78 is 5.17. The Bertz CT molecular complexity index is 483. The van der Waals surface area contributed by atoms with E-state index in [-0.39, 0.29) is 6.79 Å². The lowest BCUT2D eigenvalue weighted by Crippen LogP contribution is -2.02. The Morgan fingerprint density at radius 3 is 2.47 bits per heavy atom. The minimum Gasteiger partial charge on any atom is -0.467 e. The lowest BCUT2D eigenvalue weighted by Gasteiger charge is -2.12. The van der Waals surface area contributed by atoms with Gasteiger partial charge < -0.3 is 15.6 Å². The average Bonchev–Trinajstić information content (AvgIpc) is 2.35. The molecule has 0 saturated heterocycles. The number of anilines is 1. The second-order valence-electron chi connectivity index (χ2n) is 3.76. The Balaban J connectivity index is 2.31. The van der Waals surface area contributed by atoms with Gasteiger partial charge in [0.2, 0.25) is 0 Å². The number of aliphatic hydroxyl groups excluding tert-OH is 1. The molecule has 3 nitrogen and oxygen atoms in total. The smallest absolute Gasteiger partial charge is 0.186 e. The average molecular weight is 229 g/mol. The zero-order valence-corrected chi connectivity index (χ0v) is 9.47. The van der Waals surface area contributed by atoms with Crippen LogP contribution in [0.25, 0.3) is 0 Å². The molecule has 3 N–H and O–H groups in total. The second-order valence-corrected chi connectivity index (χ2v) is 3.76. The highest BCUT2D eigenvalue weighted by molar-refractivity contribution is 5.55. The minimum atomic E-state index is -0.342. The van der Waals surface area contributed by atoms with Crippen molar-refractivity contribution >= 4 is 5.69 Å². The van der Waals surface area contributed by atoms with Crippen LogP contribution in [0.4, 0.5) is 5.69 Å². The van der Waals surface area contributed by atoms with Crippen LogP contribution in [0.1, 0.15) is 11.1 Å². The minimum absolute atomic E-state index is 0.342. The van der Waals surface area contributed by atoms with Crippen molar-refractivity contribution < 1.29 is 9.84 Å². The van der Waals surface area contributed by atoms with Crippen LogP contribution in [-0.4, -0.2) is 11.9 Å². The Hall–Kier alpha value is -2.00. The molecule has 0 aliphatic heterocycles. The van der Waals surface area contributed by atoms with Crippen molar-refractivity contribution in [3.05, 3.63) is 59.7 Å². The predicted octanol–water partition coefficient (Wildman–Crippen LogP) is 2.19. The monoisotopic (exact) mass is 229 g/mol. The van der Waals surface area contributed by atoms with Crippen molar-refractivity contribution in [1.29, 1.82) is 0 Å². The van der Waals surface area contributed by atoms with Crippen LogP contribution >= 0.6 is 0 Å². The standard InChI is InChI=1S/C14H15NO2/c15-13-7-4-8-14(17-10-16)12(13)9-11-5-2-1-3-6-11/h1-8,16H,9-10,15H2. The summed E-state index contributed by atoms with van der Waals surface area (Å²) >= 11 is 0. The fraction of sp³-hybridized carbons (Fsp3) is 0.143. The van der Waals surface area contributed by atoms with Crippen LogP contribution in [0.15, 0.2) is 48.5 Å². The number of aliphatic hydroxyl groups is 1. The van der Waals surface area contributed by atoms with E-state index in [1.165, 1.54) is 0 Å². The maximum atomic E-state index is 8.84. The molecule has 2 rings (SSSR count). The summed E-state index contributed by atoms with van der Waals surface area (Å²) in [6, 6.07) is 15.5. The van der Waals surface area contributed by atoms with Gasteiger partial charge in [0.05, 0.1) is 0 Å². The van der Waals surface area contributed by atoms with Gasteiger partial charge in [-0.3, -0.25) is 0 Å². The van der Waals surface area contributed by atoms with Gasteiger partial charge in [-0.15, -0.1) is 0 Å². The zero-order chi connectivity index (χ0) is 12.1. The molecule has 0 heterocycles. The van der Waals surface area contributed by atoms with Gasteiger partial charge in [0.1, 0.15) is 5.75 Å². The van der Waals surface area contributed by atoms with Crippen LogP contribution in [0, 0.1) is 0 Å². The summed E-state index contributed by atoms with van der Waals surface area (Å²) in [4.78, 5) is 0. The molecule has 0 radical (unpaired) electrons. The van der Waals surface area contributed by atoms with E-state index in [0.717, 1.165) is 11.1 Å². The molecule has 0 saturated carbocycles. The van der Waals surface area contributed by atoms with Crippen LogP contribution in [0.2, 0.25) is 0 Å². The second kappa shape index (κ2) is 5.37. The zero-order valence-electron chi connectivity index (χ0n) is 9.47. The molecule has 0 unspecified atom stereocenters. The molecule has 0 atom stereocenters. The molecule has 2 aromatic carbocycles. The fourth-order valence-electron chi connectivity index (χ4n) is 1.78. The van der Waals surface area contributed by atoms with E-state index in [4.69, 9.17) is 15.6 Å². The quantitative estimate of drug-likeness (QED) is 0.624. The molecule has 17 heavy (non-hydrogen) atoms. The lowest BCUT2D eigenvalue weighted by molar-refractivity contribution is 0.0977. The highest BCUT2D eigenvalue weighted by Gasteiger charge is 2.08. The fourth-order valence-corrected chi connectivity index (χ4v) is 1.78. The number of rotatable bonds is 4. The van der Waals surface area contributed by atoms with Gasteiger partial charge in [-0.2, -0.15) is 0 Å². The molecule has 3 heteroatoms. The third kappa shape index (κ3) is 2.77. The van der Waals surface area contributed by atoms with E-state index in [1.807, 2.05) is 48.5 Å². The van der Waals surface area contributed by atoms with Gasteiger partial charge in [-0.1, -0.05) is 36.4 Å². The molecule has 2 aromatic rings. The molecular weight excluding hydrogens is 214 g/mol. The van der Waals surface area contributed by atoms with Gasteiger partial charge >= 0.3 is 0 Å². The number of nitrogens with two attached hydrogens (primary N) is 1. The van der Waals surface area contributed by atoms with Crippen LogP contribution in [0.3, 0.4) is 0 Å². The first-order chi connectivity index (χ1) is 8.31. The summed E-state index contributed by atoms with van der Waals surface area (Å²) in [5, 5.41) is 8.84. The van der Waals surface area contributed by atoms with Gasteiger partial charge in [0.25, 0.3) is 0 Å². The lowest BCUT2D eigenvalue weighted by atomic mass is 10.0. The molecule has 0 aliphatic rings. The molecule has 88 valence electrons. The number of benzene rings is 2. The van der Waals surface area contributed by atoms with Crippen molar-refractivity contribution in [2.45, 2.75) is 6.42 Å². The van der Waals surface area contributed by atoms with E-state index in [0.29, 0.717) is 17.9 Å². The molecule has 0 aromatic heterocycles. The summed E-state index contributed by atoms with van der Waals surface area (Å²) in [6.45, 7) is -0.342. The molecule has 0 amide bonds. The number of ether oxygens (including phenoxy) is 1. The van der Waals surface area contributed by atoms with E-state index >= 15 is 0 Å². The SMILES string of the molecule is Nc1cccc(OCO)c1Cc1ccccc1. The van der Waals surface area contributed by atoms with Gasteiger partial charge in [0.15, 0.2) is 6.79 Å².